The molecule has 3 N–H and O–H groups in total. The molecule has 10 heteroatoms. The summed E-state index contributed by atoms with van der Waals surface area (Å²) in [6.07, 6.45) is 0.595. The van der Waals surface area contributed by atoms with Crippen molar-refractivity contribution in [2.75, 3.05) is 6.61 Å². The summed E-state index contributed by atoms with van der Waals surface area (Å²) in [4.78, 5) is 49.6. The van der Waals surface area contributed by atoms with Crippen LogP contribution in [-0.2, 0) is 20.9 Å². The fourth-order valence-electron chi connectivity index (χ4n) is 2.51. The SMILES string of the molecule is CC[C@H](C)[C@H](NC(=O)c1ccc(Cl)cc1)C(=O)OCC(=O)NC(=O)NCc1cccs1. The highest BCUT2D eigenvalue weighted by Gasteiger charge is 2.28. The van der Waals surface area contributed by atoms with Crippen LogP contribution in [0.25, 0.3) is 0 Å². The van der Waals surface area contributed by atoms with Gasteiger partial charge in [-0.25, -0.2) is 9.59 Å². The van der Waals surface area contributed by atoms with Crippen LogP contribution < -0.4 is 16.0 Å². The third-order valence-electron chi connectivity index (χ3n) is 4.46. The van der Waals surface area contributed by atoms with Crippen LogP contribution in [0.1, 0.15) is 35.5 Å². The van der Waals surface area contributed by atoms with E-state index in [9.17, 15) is 19.2 Å². The summed E-state index contributed by atoms with van der Waals surface area (Å²) in [6, 6.07) is 8.28. The molecule has 2 aromatic rings. The highest BCUT2D eigenvalue weighted by atomic mass is 35.5. The first kappa shape index (κ1) is 24.4. The molecule has 0 unspecified atom stereocenters. The van der Waals surface area contributed by atoms with Gasteiger partial charge in [-0.3, -0.25) is 14.9 Å². The Morgan fingerprint density at radius 3 is 2.45 bits per heavy atom. The minimum atomic E-state index is -0.950. The van der Waals surface area contributed by atoms with E-state index in [1.54, 1.807) is 31.2 Å². The third-order valence-corrected chi connectivity index (χ3v) is 5.59. The lowest BCUT2D eigenvalue weighted by Gasteiger charge is -2.22. The molecule has 0 spiro atoms. The molecule has 0 radical (unpaired) electrons. The zero-order chi connectivity index (χ0) is 22.8. The van der Waals surface area contributed by atoms with E-state index in [4.69, 9.17) is 16.3 Å². The molecule has 1 heterocycles. The van der Waals surface area contributed by atoms with Gasteiger partial charge in [-0.1, -0.05) is 37.9 Å². The molecule has 166 valence electrons. The van der Waals surface area contributed by atoms with Crippen molar-refractivity contribution in [2.45, 2.75) is 32.9 Å². The van der Waals surface area contributed by atoms with Crippen LogP contribution in [0.5, 0.6) is 0 Å². The van der Waals surface area contributed by atoms with Crippen LogP contribution >= 0.6 is 22.9 Å². The largest absolute Gasteiger partial charge is 0.454 e. The van der Waals surface area contributed by atoms with Crippen molar-refractivity contribution in [3.8, 4) is 0 Å². The van der Waals surface area contributed by atoms with Gasteiger partial charge in [-0.05, 0) is 41.6 Å². The maximum atomic E-state index is 12.5. The quantitative estimate of drug-likeness (QED) is 0.492. The summed E-state index contributed by atoms with van der Waals surface area (Å²) in [5, 5.41) is 9.62. The van der Waals surface area contributed by atoms with Crippen LogP contribution in [0.15, 0.2) is 41.8 Å². The first-order valence-electron chi connectivity index (χ1n) is 9.63. The molecule has 31 heavy (non-hydrogen) atoms. The Bertz CT molecular complexity index is 902. The molecular weight excluding hydrogens is 442 g/mol. The summed E-state index contributed by atoms with van der Waals surface area (Å²) >= 11 is 7.30. The normalized spacial score (nSPS) is 12.4. The number of ether oxygens (including phenoxy) is 1. The Balaban J connectivity index is 1.85. The molecule has 2 atom stereocenters. The Morgan fingerprint density at radius 1 is 1.13 bits per heavy atom. The minimum absolute atomic E-state index is 0.235. The topological polar surface area (TPSA) is 114 Å². The second kappa shape index (κ2) is 12.1. The summed E-state index contributed by atoms with van der Waals surface area (Å²) < 4.78 is 5.03. The summed E-state index contributed by atoms with van der Waals surface area (Å²) in [7, 11) is 0. The number of rotatable bonds is 9. The number of nitrogens with one attached hydrogen (secondary N) is 3. The number of halogens is 1. The van der Waals surface area contributed by atoms with Gasteiger partial charge < -0.3 is 15.4 Å². The zero-order valence-electron chi connectivity index (χ0n) is 17.1. The van der Waals surface area contributed by atoms with Crippen molar-refractivity contribution in [2.24, 2.45) is 5.92 Å². The van der Waals surface area contributed by atoms with Gasteiger partial charge in [-0.2, -0.15) is 0 Å². The fourth-order valence-corrected chi connectivity index (χ4v) is 3.28. The second-order valence-electron chi connectivity index (χ2n) is 6.76. The minimum Gasteiger partial charge on any atom is -0.454 e. The van der Waals surface area contributed by atoms with Gasteiger partial charge in [-0.15, -0.1) is 11.3 Å². The zero-order valence-corrected chi connectivity index (χ0v) is 18.7. The molecule has 0 aliphatic heterocycles. The smallest absolute Gasteiger partial charge is 0.329 e. The van der Waals surface area contributed by atoms with Gasteiger partial charge in [0.15, 0.2) is 6.61 Å². The number of urea groups is 1. The predicted octanol–water partition coefficient (Wildman–Crippen LogP) is 3.12. The van der Waals surface area contributed by atoms with Crippen molar-refractivity contribution in [1.29, 1.82) is 0 Å². The number of thiophene rings is 1. The van der Waals surface area contributed by atoms with Gasteiger partial charge in [0.2, 0.25) is 0 Å². The standard InChI is InChI=1S/C21H24ClN3O5S/c1-3-13(2)18(25-19(27)14-6-8-15(22)9-7-14)20(28)30-12-17(26)24-21(29)23-11-16-5-4-10-31-16/h4-10,13,18H,3,11-12H2,1-2H3,(H,25,27)(H2,23,24,26,29)/t13-,18-/m0/s1. The molecule has 0 bridgehead atoms. The van der Waals surface area contributed by atoms with Gasteiger partial charge in [0.1, 0.15) is 6.04 Å². The maximum absolute atomic E-state index is 12.5. The van der Waals surface area contributed by atoms with Crippen LogP contribution in [-0.4, -0.2) is 36.5 Å². The fraction of sp³-hybridized carbons (Fsp3) is 0.333. The molecule has 2 rings (SSSR count). The van der Waals surface area contributed by atoms with Crippen molar-refractivity contribution < 1.29 is 23.9 Å². The molecule has 0 aliphatic rings. The lowest BCUT2D eigenvalue weighted by molar-refractivity contribution is -0.151. The number of carbonyl (C=O) groups is 4. The molecular formula is C21H24ClN3O5S. The summed E-state index contributed by atoms with van der Waals surface area (Å²) in [5.74, 6) is -2.23. The summed E-state index contributed by atoms with van der Waals surface area (Å²) in [5.41, 5.74) is 0.339. The molecule has 8 nitrogen and oxygen atoms in total. The second-order valence-corrected chi connectivity index (χ2v) is 8.23. The molecule has 4 amide bonds. The molecule has 1 aromatic carbocycles. The monoisotopic (exact) mass is 465 g/mol. The Morgan fingerprint density at radius 2 is 1.84 bits per heavy atom. The number of benzene rings is 1. The summed E-state index contributed by atoms with van der Waals surface area (Å²) in [6.45, 7) is 3.29. The van der Waals surface area contributed by atoms with E-state index >= 15 is 0 Å². The molecule has 0 aliphatic carbocycles. The van der Waals surface area contributed by atoms with E-state index in [-0.39, 0.29) is 12.5 Å². The van der Waals surface area contributed by atoms with E-state index < -0.39 is 36.5 Å². The van der Waals surface area contributed by atoms with Gasteiger partial charge in [0.25, 0.3) is 11.8 Å². The molecule has 0 saturated carbocycles. The van der Waals surface area contributed by atoms with Crippen LogP contribution in [0.2, 0.25) is 5.02 Å². The lowest BCUT2D eigenvalue weighted by atomic mass is 9.99. The van der Waals surface area contributed by atoms with Crippen LogP contribution in [0.4, 0.5) is 4.79 Å². The van der Waals surface area contributed by atoms with E-state index in [1.807, 2.05) is 24.4 Å². The average Bonchev–Trinajstić information content (AvgIpc) is 3.28. The van der Waals surface area contributed by atoms with Gasteiger partial charge in [0, 0.05) is 15.5 Å². The lowest BCUT2D eigenvalue weighted by Crippen LogP contribution is -2.47. The highest BCUT2D eigenvalue weighted by molar-refractivity contribution is 7.09. The van der Waals surface area contributed by atoms with Crippen molar-refractivity contribution in [3.05, 3.63) is 57.2 Å². The number of hydrogen-bond acceptors (Lipinski definition) is 6. The van der Waals surface area contributed by atoms with Gasteiger partial charge in [0.05, 0.1) is 6.54 Å². The van der Waals surface area contributed by atoms with E-state index in [0.717, 1.165) is 4.88 Å². The van der Waals surface area contributed by atoms with E-state index in [2.05, 4.69) is 16.0 Å². The van der Waals surface area contributed by atoms with E-state index in [1.165, 1.54) is 11.3 Å². The first-order valence-corrected chi connectivity index (χ1v) is 10.9. The highest BCUT2D eigenvalue weighted by Crippen LogP contribution is 2.13. The molecule has 1 aromatic heterocycles. The molecule has 0 fully saturated rings. The Hall–Kier alpha value is -2.91. The Labute approximate surface area is 189 Å². The number of esters is 1. The maximum Gasteiger partial charge on any atom is 0.329 e. The number of amides is 4. The van der Waals surface area contributed by atoms with Crippen LogP contribution in [0, 0.1) is 5.92 Å². The van der Waals surface area contributed by atoms with Crippen LogP contribution in [0.3, 0.4) is 0 Å². The number of carbonyl (C=O) groups excluding carboxylic acids is 4. The van der Waals surface area contributed by atoms with Crippen molar-refractivity contribution in [1.82, 2.24) is 16.0 Å². The number of imide groups is 1. The molecule has 0 saturated heterocycles. The third kappa shape index (κ3) is 8.03. The van der Waals surface area contributed by atoms with E-state index in [0.29, 0.717) is 17.0 Å². The Kier molecular flexibility index (Phi) is 9.48. The first-order chi connectivity index (χ1) is 14.8. The van der Waals surface area contributed by atoms with Crippen molar-refractivity contribution >= 4 is 46.8 Å². The predicted molar refractivity (Wildman–Crippen MR) is 118 cm³/mol. The van der Waals surface area contributed by atoms with Crippen molar-refractivity contribution in [3.63, 3.8) is 0 Å². The average molecular weight is 466 g/mol. The number of hydrogen-bond donors (Lipinski definition) is 3. The van der Waals surface area contributed by atoms with Gasteiger partial charge >= 0.3 is 12.0 Å².